The lowest BCUT2D eigenvalue weighted by Crippen LogP contribution is -2.52. The van der Waals surface area contributed by atoms with Crippen molar-refractivity contribution in [1.29, 1.82) is 0 Å². The first-order chi connectivity index (χ1) is 10.5. The van der Waals surface area contributed by atoms with Crippen LogP contribution in [0.5, 0.6) is 0 Å². The molecule has 1 aromatic carbocycles. The largest absolute Gasteiger partial charge is 0.379 e. The van der Waals surface area contributed by atoms with Crippen LogP contribution in [0, 0.1) is 5.82 Å². The normalized spacial score (nSPS) is 28.2. The monoisotopic (exact) mass is 304 g/mol. The second-order valence-electron chi connectivity index (χ2n) is 6.36. The standard InChI is InChI=1S/C17H21FN2O2/c1-12-7-5-6-10-20(12)16(21)17(2)11-15(19-22-17)13-8-3-4-9-14(13)18/h3-4,8-9,12H,5-7,10-11H2,1-2H3/t12-,17-/m0/s1. The van der Waals surface area contributed by atoms with Crippen molar-refractivity contribution in [1.82, 2.24) is 4.90 Å². The molecule has 1 amide bonds. The van der Waals surface area contributed by atoms with Gasteiger partial charge in [-0.05, 0) is 39.2 Å². The fraction of sp³-hybridized carbons (Fsp3) is 0.529. The van der Waals surface area contributed by atoms with Crippen molar-refractivity contribution in [2.75, 3.05) is 6.54 Å². The third-order valence-electron chi connectivity index (χ3n) is 4.56. The Labute approximate surface area is 129 Å². The van der Waals surface area contributed by atoms with Crippen LogP contribution in [0.25, 0.3) is 0 Å². The van der Waals surface area contributed by atoms with E-state index < -0.39 is 5.60 Å². The molecule has 0 bridgehead atoms. The number of likely N-dealkylation sites (tertiary alicyclic amines) is 1. The van der Waals surface area contributed by atoms with Crippen LogP contribution in [0.1, 0.15) is 45.1 Å². The average molecular weight is 304 g/mol. The minimum absolute atomic E-state index is 0.0465. The van der Waals surface area contributed by atoms with Gasteiger partial charge in [0, 0.05) is 24.6 Å². The van der Waals surface area contributed by atoms with Gasteiger partial charge in [-0.25, -0.2) is 4.39 Å². The predicted molar refractivity (Wildman–Crippen MR) is 82.1 cm³/mol. The Hall–Kier alpha value is -1.91. The van der Waals surface area contributed by atoms with Crippen LogP contribution in [-0.2, 0) is 9.63 Å². The predicted octanol–water partition coefficient (Wildman–Crippen LogP) is 3.11. The number of piperidine rings is 1. The minimum atomic E-state index is -1.02. The Bertz CT molecular complexity index is 616. The van der Waals surface area contributed by atoms with E-state index in [2.05, 4.69) is 12.1 Å². The van der Waals surface area contributed by atoms with Gasteiger partial charge in [0.1, 0.15) is 5.82 Å². The Morgan fingerprint density at radius 2 is 2.18 bits per heavy atom. The Morgan fingerprint density at radius 3 is 2.91 bits per heavy atom. The van der Waals surface area contributed by atoms with Gasteiger partial charge in [-0.15, -0.1) is 0 Å². The first-order valence-electron chi connectivity index (χ1n) is 7.82. The summed E-state index contributed by atoms with van der Waals surface area (Å²) >= 11 is 0. The van der Waals surface area contributed by atoms with Crippen molar-refractivity contribution in [2.24, 2.45) is 5.16 Å². The van der Waals surface area contributed by atoms with Crippen LogP contribution in [0.4, 0.5) is 4.39 Å². The first kappa shape index (κ1) is 15.0. The maximum atomic E-state index is 13.9. The van der Waals surface area contributed by atoms with Gasteiger partial charge >= 0.3 is 0 Å². The van der Waals surface area contributed by atoms with Crippen molar-refractivity contribution < 1.29 is 14.0 Å². The topological polar surface area (TPSA) is 41.9 Å². The van der Waals surface area contributed by atoms with Gasteiger partial charge < -0.3 is 9.74 Å². The third-order valence-corrected chi connectivity index (χ3v) is 4.56. The highest BCUT2D eigenvalue weighted by molar-refractivity contribution is 6.05. The Kier molecular flexibility index (Phi) is 3.89. The molecular weight excluding hydrogens is 283 g/mol. The fourth-order valence-corrected chi connectivity index (χ4v) is 3.20. The number of oxime groups is 1. The molecule has 1 fully saturated rings. The van der Waals surface area contributed by atoms with Crippen LogP contribution in [0.3, 0.4) is 0 Å². The van der Waals surface area contributed by atoms with Gasteiger partial charge in [-0.1, -0.05) is 23.4 Å². The number of carbonyl (C=O) groups is 1. The number of amides is 1. The molecule has 0 N–H and O–H groups in total. The van der Waals surface area contributed by atoms with Gasteiger partial charge in [-0.2, -0.15) is 0 Å². The molecule has 0 radical (unpaired) electrons. The zero-order valence-electron chi connectivity index (χ0n) is 13.0. The number of hydrogen-bond acceptors (Lipinski definition) is 3. The summed E-state index contributed by atoms with van der Waals surface area (Å²) in [6.45, 7) is 4.57. The molecule has 5 heteroatoms. The maximum absolute atomic E-state index is 13.9. The van der Waals surface area contributed by atoms with E-state index in [9.17, 15) is 9.18 Å². The summed E-state index contributed by atoms with van der Waals surface area (Å²) in [4.78, 5) is 20.2. The van der Waals surface area contributed by atoms with E-state index in [1.807, 2.05) is 4.90 Å². The van der Waals surface area contributed by atoms with E-state index in [0.29, 0.717) is 17.7 Å². The molecule has 1 saturated heterocycles. The van der Waals surface area contributed by atoms with E-state index in [1.54, 1.807) is 25.1 Å². The smallest absolute Gasteiger partial charge is 0.269 e. The molecule has 0 spiro atoms. The van der Waals surface area contributed by atoms with Crippen molar-refractivity contribution in [3.8, 4) is 0 Å². The molecule has 0 aliphatic carbocycles. The molecule has 2 aliphatic rings. The van der Waals surface area contributed by atoms with E-state index in [4.69, 9.17) is 4.84 Å². The molecule has 118 valence electrons. The second-order valence-corrected chi connectivity index (χ2v) is 6.36. The lowest BCUT2D eigenvalue weighted by atomic mass is 9.92. The van der Waals surface area contributed by atoms with Crippen molar-refractivity contribution in [2.45, 2.75) is 51.2 Å². The molecule has 4 nitrogen and oxygen atoms in total. The zero-order chi connectivity index (χ0) is 15.7. The molecule has 0 aromatic heterocycles. The number of nitrogens with zero attached hydrogens (tertiary/aromatic N) is 2. The quantitative estimate of drug-likeness (QED) is 0.842. The summed E-state index contributed by atoms with van der Waals surface area (Å²) in [6, 6.07) is 6.67. The number of rotatable bonds is 2. The maximum Gasteiger partial charge on any atom is 0.269 e. The number of carbonyl (C=O) groups excluding carboxylic acids is 1. The summed E-state index contributed by atoms with van der Waals surface area (Å²) < 4.78 is 13.9. The molecule has 3 rings (SSSR count). The highest BCUT2D eigenvalue weighted by atomic mass is 19.1. The van der Waals surface area contributed by atoms with Crippen LogP contribution in [0.15, 0.2) is 29.4 Å². The van der Waals surface area contributed by atoms with Crippen LogP contribution in [0.2, 0.25) is 0 Å². The summed E-state index contributed by atoms with van der Waals surface area (Å²) in [5.74, 6) is -0.386. The first-order valence-corrected chi connectivity index (χ1v) is 7.82. The highest BCUT2D eigenvalue weighted by Gasteiger charge is 2.46. The summed E-state index contributed by atoms with van der Waals surface area (Å²) in [5.41, 5.74) is -0.118. The average Bonchev–Trinajstić information content (AvgIpc) is 2.91. The van der Waals surface area contributed by atoms with Crippen molar-refractivity contribution in [3.63, 3.8) is 0 Å². The van der Waals surface area contributed by atoms with Gasteiger partial charge in [0.2, 0.25) is 5.60 Å². The molecule has 2 heterocycles. The number of benzene rings is 1. The van der Waals surface area contributed by atoms with E-state index >= 15 is 0 Å². The molecule has 0 unspecified atom stereocenters. The Morgan fingerprint density at radius 1 is 1.41 bits per heavy atom. The molecule has 1 aromatic rings. The summed E-state index contributed by atoms with van der Waals surface area (Å²) in [7, 11) is 0. The fourth-order valence-electron chi connectivity index (χ4n) is 3.20. The SMILES string of the molecule is C[C@H]1CCCCN1C(=O)[C@]1(C)CC(c2ccccc2F)=NO1. The molecule has 0 saturated carbocycles. The minimum Gasteiger partial charge on any atom is -0.379 e. The van der Waals surface area contributed by atoms with Crippen LogP contribution < -0.4 is 0 Å². The van der Waals surface area contributed by atoms with Gasteiger partial charge in [0.05, 0.1) is 5.71 Å². The zero-order valence-corrected chi connectivity index (χ0v) is 13.0. The lowest BCUT2D eigenvalue weighted by molar-refractivity contribution is -0.156. The van der Waals surface area contributed by atoms with Crippen molar-refractivity contribution in [3.05, 3.63) is 35.6 Å². The summed E-state index contributed by atoms with van der Waals surface area (Å²) in [5, 5.41) is 3.99. The molecule has 2 atom stereocenters. The Balaban J connectivity index is 1.77. The van der Waals surface area contributed by atoms with Crippen LogP contribution in [-0.4, -0.2) is 34.7 Å². The highest BCUT2D eigenvalue weighted by Crippen LogP contribution is 2.31. The molecule has 22 heavy (non-hydrogen) atoms. The summed E-state index contributed by atoms with van der Waals surface area (Å²) in [6.07, 6.45) is 3.49. The van der Waals surface area contributed by atoms with Gasteiger partial charge in [0.15, 0.2) is 0 Å². The van der Waals surface area contributed by atoms with Gasteiger partial charge in [0.25, 0.3) is 5.91 Å². The van der Waals surface area contributed by atoms with E-state index in [-0.39, 0.29) is 17.8 Å². The van der Waals surface area contributed by atoms with E-state index in [0.717, 1.165) is 25.8 Å². The lowest BCUT2D eigenvalue weighted by Gasteiger charge is -2.37. The molecular formula is C17H21FN2O2. The third kappa shape index (κ3) is 2.60. The van der Waals surface area contributed by atoms with E-state index in [1.165, 1.54) is 6.07 Å². The van der Waals surface area contributed by atoms with Crippen LogP contribution >= 0.6 is 0 Å². The number of halogens is 1. The van der Waals surface area contributed by atoms with Gasteiger partial charge in [-0.3, -0.25) is 4.79 Å². The molecule has 2 aliphatic heterocycles. The number of hydrogen-bond donors (Lipinski definition) is 0. The second kappa shape index (κ2) is 5.71. The van der Waals surface area contributed by atoms with Crippen molar-refractivity contribution >= 4 is 11.6 Å².